The molecule has 1 saturated heterocycles. The summed E-state index contributed by atoms with van der Waals surface area (Å²) in [6.45, 7) is 4.95. The van der Waals surface area contributed by atoms with Crippen LogP contribution in [0.15, 0.2) is 28.8 Å². The lowest BCUT2D eigenvalue weighted by Crippen LogP contribution is -2.51. The molecule has 1 aromatic carbocycles. The van der Waals surface area contributed by atoms with Crippen LogP contribution in [0.5, 0.6) is 0 Å². The van der Waals surface area contributed by atoms with Crippen LogP contribution in [-0.2, 0) is 22.6 Å². The number of hydrogen-bond acceptors (Lipinski definition) is 5. The minimum Gasteiger partial charge on any atom is -0.598 e. The van der Waals surface area contributed by atoms with Gasteiger partial charge in [0.25, 0.3) is 12.0 Å². The summed E-state index contributed by atoms with van der Waals surface area (Å²) in [6, 6.07) is 3.29. The molecular weight excluding hydrogens is 500 g/mol. The van der Waals surface area contributed by atoms with E-state index < -0.39 is 29.0 Å². The molecule has 1 aliphatic carbocycles. The summed E-state index contributed by atoms with van der Waals surface area (Å²) in [6.07, 6.45) is 1.83. The molecule has 1 saturated carbocycles. The fourth-order valence-corrected chi connectivity index (χ4v) is 6.79. The predicted octanol–water partition coefficient (Wildman–Crippen LogP) is 3.73. The van der Waals surface area contributed by atoms with Gasteiger partial charge in [0.2, 0.25) is 0 Å². The summed E-state index contributed by atoms with van der Waals surface area (Å²) < 4.78 is 40.8. The van der Waals surface area contributed by atoms with Crippen molar-refractivity contribution in [2.75, 3.05) is 30.8 Å². The van der Waals surface area contributed by atoms with Crippen molar-refractivity contribution in [3.63, 3.8) is 0 Å². The summed E-state index contributed by atoms with van der Waals surface area (Å²) in [7, 11) is 1.63. The fourth-order valence-electron chi connectivity index (χ4n) is 5.57. The van der Waals surface area contributed by atoms with Crippen LogP contribution in [0.2, 0.25) is 0 Å². The van der Waals surface area contributed by atoms with Crippen molar-refractivity contribution in [2.24, 2.45) is 16.6 Å². The van der Waals surface area contributed by atoms with Crippen LogP contribution in [-0.4, -0.2) is 58.1 Å². The third kappa shape index (κ3) is 5.83. The number of allylic oxidation sites excluding steroid dienone is 1. The molecule has 1 atom stereocenters. The van der Waals surface area contributed by atoms with E-state index in [2.05, 4.69) is 5.32 Å². The Morgan fingerprint density at radius 1 is 1.24 bits per heavy atom. The van der Waals surface area contributed by atoms with Gasteiger partial charge in [-0.3, -0.25) is 14.7 Å². The lowest BCUT2D eigenvalue weighted by Gasteiger charge is -2.35. The Kier molecular flexibility index (Phi) is 8.25. The number of primary amides is 1. The molecule has 3 amide bonds. The van der Waals surface area contributed by atoms with Crippen LogP contribution in [0.3, 0.4) is 0 Å². The number of piperidine rings is 1. The van der Waals surface area contributed by atoms with E-state index in [4.69, 9.17) is 10.7 Å². The first-order chi connectivity index (χ1) is 17.5. The average Bonchev–Trinajstić information content (AvgIpc) is 3.18. The number of urea groups is 1. The molecule has 3 aliphatic rings. The number of anilines is 1. The van der Waals surface area contributed by atoms with Gasteiger partial charge in [0.15, 0.2) is 0 Å². The number of aliphatic imine (C=N–C) groups is 1. The van der Waals surface area contributed by atoms with Gasteiger partial charge in [0, 0.05) is 49.5 Å². The molecule has 1 spiro atoms. The monoisotopic (exact) mass is 535 g/mol. The largest absolute Gasteiger partial charge is 0.598 e. The third-order valence-corrected chi connectivity index (χ3v) is 9.50. The predicted molar refractivity (Wildman–Crippen MR) is 141 cm³/mol. The Balaban J connectivity index is 1.33. The van der Waals surface area contributed by atoms with E-state index in [1.807, 2.05) is 30.3 Å². The summed E-state index contributed by atoms with van der Waals surface area (Å²) in [5, 5.41) is 2.93. The molecule has 0 aromatic heterocycles. The van der Waals surface area contributed by atoms with Crippen molar-refractivity contribution in [2.45, 2.75) is 64.3 Å². The molecule has 8 nitrogen and oxygen atoms in total. The van der Waals surface area contributed by atoms with Gasteiger partial charge in [-0.2, -0.15) is 8.78 Å². The first-order valence-electron chi connectivity index (χ1n) is 12.7. The average molecular weight is 536 g/mol. The van der Waals surface area contributed by atoms with Crippen molar-refractivity contribution < 1.29 is 22.9 Å². The molecule has 0 bridgehead atoms. The first-order valence-corrected chi connectivity index (χ1v) is 14.0. The van der Waals surface area contributed by atoms with E-state index in [-0.39, 0.29) is 17.4 Å². The van der Waals surface area contributed by atoms with Crippen LogP contribution >= 0.6 is 0 Å². The number of nitrogens with zero attached hydrogens (tertiary/aromatic N) is 3. The number of benzene rings is 1. The second kappa shape index (κ2) is 11.1. The second-order valence-electron chi connectivity index (χ2n) is 10.3. The Bertz CT molecular complexity index is 1100. The van der Waals surface area contributed by atoms with Crippen molar-refractivity contribution in [1.29, 1.82) is 0 Å². The van der Waals surface area contributed by atoms with E-state index in [1.54, 1.807) is 7.05 Å². The number of nitrogens with one attached hydrogen (secondary N) is 1. The number of amidine groups is 1. The van der Waals surface area contributed by atoms with Gasteiger partial charge in [-0.05, 0) is 86.8 Å². The van der Waals surface area contributed by atoms with Gasteiger partial charge in [0.05, 0.1) is 0 Å². The molecule has 2 aliphatic heterocycles. The lowest BCUT2D eigenvalue weighted by atomic mass is 9.85. The zero-order chi connectivity index (χ0) is 26.9. The Morgan fingerprint density at radius 3 is 2.38 bits per heavy atom. The normalized spacial score (nSPS) is 22.5. The van der Waals surface area contributed by atoms with Crippen LogP contribution < -0.4 is 16.0 Å². The maximum absolute atomic E-state index is 13.1. The Labute approximate surface area is 219 Å². The van der Waals surface area contributed by atoms with E-state index in [9.17, 15) is 22.9 Å². The summed E-state index contributed by atoms with van der Waals surface area (Å²) >= 11 is -1.20. The van der Waals surface area contributed by atoms with Crippen LogP contribution in [0.25, 0.3) is 0 Å². The number of amides is 3. The van der Waals surface area contributed by atoms with E-state index >= 15 is 0 Å². The summed E-state index contributed by atoms with van der Waals surface area (Å²) in [5.41, 5.74) is 8.61. The smallest absolute Gasteiger partial charge is 0.318 e. The minimum absolute atomic E-state index is 0.000727. The molecular formula is C26H35F2N5O3S. The topological polar surface area (TPSA) is 114 Å². The first kappa shape index (κ1) is 27.5. The van der Waals surface area contributed by atoms with E-state index in [1.165, 1.54) is 4.90 Å². The van der Waals surface area contributed by atoms with Crippen LogP contribution in [0.1, 0.15) is 55.2 Å². The number of nitrogens with two attached hydrogens (primary N) is 1. The number of carbonyl (C=O) groups is 2. The number of aryl methyl sites for hydroxylation is 2. The number of halogens is 2. The lowest BCUT2D eigenvalue weighted by molar-refractivity contribution is -0.125. The van der Waals surface area contributed by atoms with Gasteiger partial charge < -0.3 is 15.6 Å². The molecule has 202 valence electrons. The molecule has 0 radical (unpaired) electrons. The Morgan fingerprint density at radius 2 is 1.84 bits per heavy atom. The van der Waals surface area contributed by atoms with Gasteiger partial charge in [-0.25, -0.2) is 4.79 Å². The number of hydrogen-bond donors (Lipinski definition) is 2. The highest BCUT2D eigenvalue weighted by molar-refractivity contribution is 7.89. The quantitative estimate of drug-likeness (QED) is 0.540. The second-order valence-corrected chi connectivity index (χ2v) is 11.8. The fraction of sp³-hybridized carbons (Fsp3) is 0.577. The highest BCUT2D eigenvalue weighted by atomic mass is 32.2. The summed E-state index contributed by atoms with van der Waals surface area (Å²) in [4.78, 5) is 30.5. The highest BCUT2D eigenvalue weighted by Gasteiger charge is 2.48. The zero-order valence-corrected chi connectivity index (χ0v) is 22.4. The van der Waals surface area contributed by atoms with Gasteiger partial charge >= 0.3 is 6.03 Å². The Hall–Kier alpha value is -2.50. The molecule has 11 heteroatoms. The SMILES string of the molecule is Cc1cc(N(C)C(N)=O)cc(C)c1CC[S@+]([O-])N1CCC2(CC1)N=C(C1CCC(=C(F)F)CC1)NC2=O. The molecule has 2 heterocycles. The zero-order valence-electron chi connectivity index (χ0n) is 21.6. The molecule has 37 heavy (non-hydrogen) atoms. The summed E-state index contributed by atoms with van der Waals surface area (Å²) in [5.74, 6) is 0.968. The third-order valence-electron chi connectivity index (χ3n) is 8.00. The molecule has 4 rings (SSSR count). The van der Waals surface area contributed by atoms with E-state index in [0.29, 0.717) is 69.6 Å². The van der Waals surface area contributed by atoms with E-state index in [0.717, 1.165) is 22.4 Å². The maximum atomic E-state index is 13.1. The van der Waals surface area contributed by atoms with Crippen LogP contribution in [0.4, 0.5) is 19.3 Å². The number of rotatable bonds is 6. The van der Waals surface area contributed by atoms with Crippen molar-refractivity contribution in [1.82, 2.24) is 9.62 Å². The standard InChI is InChI=1S/C26H35F2N5O3S/c1-16-14-20(32(3)25(29)35)15-17(2)21(16)8-13-37(36)33-11-9-26(10-12-33)24(34)30-23(31-26)19-6-4-18(5-7-19)22(27)28/h14-15,19H,4-13H2,1-3H3,(H2,29,35)(H,30,31,34)/t37-/m0/s1. The molecule has 3 N–H and O–H groups in total. The highest BCUT2D eigenvalue weighted by Crippen LogP contribution is 2.37. The van der Waals surface area contributed by atoms with Crippen molar-refractivity contribution in [3.05, 3.63) is 40.5 Å². The minimum atomic E-state index is -1.58. The van der Waals surface area contributed by atoms with Gasteiger partial charge in [-0.1, -0.05) is 0 Å². The molecule has 0 unspecified atom stereocenters. The maximum Gasteiger partial charge on any atom is 0.318 e. The number of carbonyl (C=O) groups excluding carboxylic acids is 2. The van der Waals surface area contributed by atoms with Crippen LogP contribution in [0, 0.1) is 19.8 Å². The van der Waals surface area contributed by atoms with Gasteiger partial charge in [-0.15, -0.1) is 4.31 Å². The van der Waals surface area contributed by atoms with Gasteiger partial charge in [0.1, 0.15) is 17.1 Å². The van der Waals surface area contributed by atoms with Crippen molar-refractivity contribution >= 4 is 34.8 Å². The molecule has 2 fully saturated rings. The molecule has 1 aromatic rings. The van der Waals surface area contributed by atoms with Crippen molar-refractivity contribution in [3.8, 4) is 0 Å².